The second-order valence-corrected chi connectivity index (χ2v) is 10.7. The highest BCUT2D eigenvalue weighted by Crippen LogP contribution is 2.28. The molecule has 4 nitrogen and oxygen atoms in total. The smallest absolute Gasteiger partial charge is 0.243 e. The average molecular weight is 522 g/mol. The summed E-state index contributed by atoms with van der Waals surface area (Å²) in [5, 5.41) is 4.22. The molecule has 1 atom stereocenters. The predicted molar refractivity (Wildman–Crippen MR) is 143 cm³/mol. The number of amides is 2. The van der Waals surface area contributed by atoms with E-state index < -0.39 is 6.04 Å². The zero-order valence-corrected chi connectivity index (χ0v) is 22.1. The van der Waals surface area contributed by atoms with Gasteiger partial charge in [-0.1, -0.05) is 85.8 Å². The molecule has 2 amide bonds. The Hall–Kier alpha value is -1.69. The Morgan fingerprint density at radius 3 is 2.35 bits per heavy atom. The first-order valence-corrected chi connectivity index (χ1v) is 14.0. The Bertz CT molecular complexity index is 915. The van der Waals surface area contributed by atoms with Crippen molar-refractivity contribution in [2.45, 2.75) is 76.3 Å². The van der Waals surface area contributed by atoms with Crippen molar-refractivity contribution >= 4 is 46.8 Å². The third-order valence-electron chi connectivity index (χ3n) is 6.30. The lowest BCUT2D eigenvalue weighted by Crippen LogP contribution is -2.51. The minimum atomic E-state index is -0.555. The zero-order chi connectivity index (χ0) is 24.3. The standard InChI is InChI=1S/C27H34Cl2N2O2S/c1-2-25(27(33)30-21-12-7-4-8-13-21)31(18-22-23(28)14-9-15-24(22)29)26(32)16-17-34-19-20-10-5-3-6-11-20/h3,5-6,9-11,14-15,21,25H,2,4,7-8,12-13,16-19H2,1H3,(H,30,33). The molecule has 2 aromatic rings. The van der Waals surface area contributed by atoms with E-state index in [0.29, 0.717) is 34.2 Å². The van der Waals surface area contributed by atoms with Crippen LogP contribution in [0.3, 0.4) is 0 Å². The number of hydrogen-bond donors (Lipinski definition) is 1. The van der Waals surface area contributed by atoms with Crippen molar-refractivity contribution in [2.24, 2.45) is 0 Å². The number of carbonyl (C=O) groups is 2. The Balaban J connectivity index is 1.70. The summed E-state index contributed by atoms with van der Waals surface area (Å²) in [4.78, 5) is 28.4. The van der Waals surface area contributed by atoms with E-state index in [1.165, 1.54) is 12.0 Å². The minimum Gasteiger partial charge on any atom is -0.352 e. The molecule has 34 heavy (non-hydrogen) atoms. The van der Waals surface area contributed by atoms with Gasteiger partial charge in [-0.05, 0) is 37.0 Å². The average Bonchev–Trinajstić information content (AvgIpc) is 2.84. The molecule has 0 bridgehead atoms. The van der Waals surface area contributed by atoms with Gasteiger partial charge >= 0.3 is 0 Å². The predicted octanol–water partition coefficient (Wildman–Crippen LogP) is 6.87. The van der Waals surface area contributed by atoms with Gasteiger partial charge < -0.3 is 10.2 Å². The van der Waals surface area contributed by atoms with Crippen LogP contribution in [0, 0.1) is 0 Å². The van der Waals surface area contributed by atoms with Crippen LogP contribution < -0.4 is 5.32 Å². The molecule has 1 N–H and O–H groups in total. The van der Waals surface area contributed by atoms with Crippen molar-refractivity contribution in [2.75, 3.05) is 5.75 Å². The molecule has 3 rings (SSSR count). The number of halogens is 2. The SMILES string of the molecule is CCC(C(=O)NC1CCCCC1)N(Cc1c(Cl)cccc1Cl)C(=O)CCSCc1ccccc1. The second kappa shape index (κ2) is 14.0. The van der Waals surface area contributed by atoms with Gasteiger partial charge in [-0.25, -0.2) is 0 Å². The Kier molecular flexibility index (Phi) is 11.1. The topological polar surface area (TPSA) is 49.4 Å². The molecule has 0 aromatic heterocycles. The maximum absolute atomic E-state index is 13.4. The summed E-state index contributed by atoms with van der Waals surface area (Å²) in [5.74, 6) is 1.40. The van der Waals surface area contributed by atoms with Gasteiger partial charge in [0.05, 0.1) is 0 Å². The van der Waals surface area contributed by atoms with E-state index in [1.54, 1.807) is 34.9 Å². The Morgan fingerprint density at radius 1 is 1.03 bits per heavy atom. The first-order valence-electron chi connectivity index (χ1n) is 12.1. The lowest BCUT2D eigenvalue weighted by Gasteiger charge is -2.33. The number of benzene rings is 2. The molecule has 1 aliphatic carbocycles. The molecule has 2 aromatic carbocycles. The van der Waals surface area contributed by atoms with E-state index in [1.807, 2.05) is 25.1 Å². The van der Waals surface area contributed by atoms with Crippen molar-refractivity contribution in [3.63, 3.8) is 0 Å². The van der Waals surface area contributed by atoms with Crippen molar-refractivity contribution in [3.05, 3.63) is 69.7 Å². The zero-order valence-electron chi connectivity index (χ0n) is 19.8. The molecule has 0 aliphatic heterocycles. The van der Waals surface area contributed by atoms with Gasteiger partial charge in [-0.3, -0.25) is 9.59 Å². The fourth-order valence-corrected chi connectivity index (χ4v) is 5.79. The molecule has 1 saturated carbocycles. The van der Waals surface area contributed by atoms with E-state index in [9.17, 15) is 9.59 Å². The van der Waals surface area contributed by atoms with E-state index >= 15 is 0 Å². The highest BCUT2D eigenvalue weighted by Gasteiger charge is 2.31. The van der Waals surface area contributed by atoms with Gasteiger partial charge in [0.15, 0.2) is 0 Å². The first kappa shape index (κ1) is 26.9. The van der Waals surface area contributed by atoms with Crippen molar-refractivity contribution < 1.29 is 9.59 Å². The second-order valence-electron chi connectivity index (χ2n) is 8.78. The van der Waals surface area contributed by atoms with Crippen LogP contribution in [0.5, 0.6) is 0 Å². The molecule has 0 heterocycles. The van der Waals surface area contributed by atoms with E-state index in [-0.39, 0.29) is 24.4 Å². The lowest BCUT2D eigenvalue weighted by atomic mass is 9.95. The van der Waals surface area contributed by atoms with Crippen molar-refractivity contribution in [3.8, 4) is 0 Å². The van der Waals surface area contributed by atoms with Crippen molar-refractivity contribution in [1.29, 1.82) is 0 Å². The third-order valence-corrected chi connectivity index (χ3v) is 8.04. The fourth-order valence-electron chi connectivity index (χ4n) is 4.38. The molecule has 7 heteroatoms. The largest absolute Gasteiger partial charge is 0.352 e. The monoisotopic (exact) mass is 520 g/mol. The lowest BCUT2D eigenvalue weighted by molar-refractivity contribution is -0.141. The number of hydrogen-bond acceptors (Lipinski definition) is 3. The maximum atomic E-state index is 13.4. The molecular weight excluding hydrogens is 487 g/mol. The third kappa shape index (κ3) is 7.93. The molecule has 1 fully saturated rings. The van der Waals surface area contributed by atoms with E-state index in [2.05, 4.69) is 17.4 Å². The van der Waals surface area contributed by atoms with Crippen LogP contribution in [0.2, 0.25) is 10.0 Å². The van der Waals surface area contributed by atoms with Gasteiger partial charge in [-0.2, -0.15) is 11.8 Å². The Morgan fingerprint density at radius 2 is 1.71 bits per heavy atom. The highest BCUT2D eigenvalue weighted by atomic mass is 35.5. The van der Waals surface area contributed by atoms with E-state index in [0.717, 1.165) is 31.4 Å². The number of nitrogens with zero attached hydrogens (tertiary/aromatic N) is 1. The first-order chi connectivity index (χ1) is 16.5. The van der Waals surface area contributed by atoms with Gasteiger partial charge in [-0.15, -0.1) is 0 Å². The molecule has 184 valence electrons. The van der Waals surface area contributed by atoms with Crippen molar-refractivity contribution in [1.82, 2.24) is 10.2 Å². The van der Waals surface area contributed by atoms with Crippen LogP contribution in [-0.4, -0.2) is 34.6 Å². The van der Waals surface area contributed by atoms with Gasteiger partial charge in [0.2, 0.25) is 11.8 Å². The molecule has 1 aliphatic rings. The maximum Gasteiger partial charge on any atom is 0.243 e. The van der Waals surface area contributed by atoms with Gasteiger partial charge in [0.25, 0.3) is 0 Å². The summed E-state index contributed by atoms with van der Waals surface area (Å²) in [6.07, 6.45) is 6.39. The summed E-state index contributed by atoms with van der Waals surface area (Å²) < 4.78 is 0. The molecule has 0 saturated heterocycles. The molecular formula is C27H34Cl2N2O2S. The van der Waals surface area contributed by atoms with Gasteiger partial charge in [0.1, 0.15) is 6.04 Å². The summed E-state index contributed by atoms with van der Waals surface area (Å²) >= 11 is 14.6. The normalized spacial score (nSPS) is 15.0. The Labute approximate surface area is 217 Å². The fraction of sp³-hybridized carbons (Fsp3) is 0.481. The number of nitrogens with one attached hydrogen (secondary N) is 1. The number of thioether (sulfide) groups is 1. The summed E-state index contributed by atoms with van der Waals surface area (Å²) in [6.45, 7) is 2.17. The number of carbonyl (C=O) groups excluding carboxylic acids is 2. The van der Waals surface area contributed by atoms with Crippen LogP contribution in [0.25, 0.3) is 0 Å². The van der Waals surface area contributed by atoms with Crippen LogP contribution in [-0.2, 0) is 21.9 Å². The molecule has 1 unspecified atom stereocenters. The summed E-state index contributed by atoms with van der Waals surface area (Å²) in [7, 11) is 0. The number of rotatable bonds is 11. The van der Waals surface area contributed by atoms with Crippen LogP contribution in [0.1, 0.15) is 63.0 Å². The van der Waals surface area contributed by atoms with Crippen LogP contribution in [0.4, 0.5) is 0 Å². The van der Waals surface area contributed by atoms with Gasteiger partial charge in [0, 0.05) is 46.1 Å². The van der Waals surface area contributed by atoms with E-state index in [4.69, 9.17) is 23.2 Å². The quantitative estimate of drug-likeness (QED) is 0.328. The summed E-state index contributed by atoms with van der Waals surface area (Å²) in [6, 6.07) is 15.2. The molecule has 0 spiro atoms. The minimum absolute atomic E-state index is 0.0535. The summed E-state index contributed by atoms with van der Waals surface area (Å²) in [5.41, 5.74) is 1.91. The molecule has 0 radical (unpaired) electrons. The highest BCUT2D eigenvalue weighted by molar-refractivity contribution is 7.98. The van der Waals surface area contributed by atoms with Crippen LogP contribution >= 0.6 is 35.0 Å². The van der Waals surface area contributed by atoms with Crippen LogP contribution in [0.15, 0.2) is 48.5 Å².